The van der Waals surface area contributed by atoms with E-state index in [4.69, 9.17) is 0 Å². The number of hydrogen-bond acceptors (Lipinski definition) is 6. The highest BCUT2D eigenvalue weighted by atomic mass is 16.4. The van der Waals surface area contributed by atoms with E-state index in [1.807, 2.05) is 0 Å². The van der Waals surface area contributed by atoms with Crippen LogP contribution in [0.3, 0.4) is 0 Å². The Morgan fingerprint density at radius 3 is 2.65 bits per heavy atom. The molecule has 6 unspecified atom stereocenters. The standard InChI is InChI=1S/C24H42N4O3/c1-4-18-12-13-23(31)21(29)20(22(30)26-16(3)17-8-6-5-7-9-17)27-24(18,28-23)19-11-10-15(2)14-25-19/h14,16-21,25,27-29,31H,4-13H2,1-3H3,(H,26,30)/t16-,18?,19?,20?,21?,23?,24?/m1/s1. The number of carbonyl (C=O) groups is 1. The molecule has 7 nitrogen and oxygen atoms in total. The van der Waals surface area contributed by atoms with Gasteiger partial charge in [-0.2, -0.15) is 0 Å². The van der Waals surface area contributed by atoms with Crippen molar-refractivity contribution >= 4 is 5.91 Å². The summed E-state index contributed by atoms with van der Waals surface area (Å²) < 4.78 is 0. The van der Waals surface area contributed by atoms with Gasteiger partial charge in [-0.15, -0.1) is 0 Å². The number of aliphatic hydroxyl groups is 2. The fraction of sp³-hybridized carbons (Fsp3) is 0.875. The fourth-order valence-corrected chi connectivity index (χ4v) is 6.54. The topological polar surface area (TPSA) is 106 Å². The minimum absolute atomic E-state index is 0.0338. The lowest BCUT2D eigenvalue weighted by atomic mass is 9.68. The molecule has 7 heteroatoms. The Labute approximate surface area is 186 Å². The van der Waals surface area contributed by atoms with Gasteiger partial charge in [-0.3, -0.25) is 15.4 Å². The fourth-order valence-electron chi connectivity index (χ4n) is 6.54. The number of nitrogens with one attached hydrogen (secondary N) is 4. The van der Waals surface area contributed by atoms with Crippen LogP contribution in [0.5, 0.6) is 0 Å². The first-order chi connectivity index (χ1) is 14.8. The molecule has 0 aromatic rings. The van der Waals surface area contributed by atoms with Crippen molar-refractivity contribution in [1.82, 2.24) is 21.3 Å². The van der Waals surface area contributed by atoms with Crippen LogP contribution in [0.1, 0.15) is 85.0 Å². The summed E-state index contributed by atoms with van der Waals surface area (Å²) >= 11 is 0. The van der Waals surface area contributed by atoms with E-state index in [9.17, 15) is 15.0 Å². The minimum atomic E-state index is -1.47. The molecule has 7 atom stereocenters. The van der Waals surface area contributed by atoms with Gasteiger partial charge in [-0.1, -0.05) is 38.2 Å². The molecular weight excluding hydrogens is 392 g/mol. The molecule has 4 aliphatic rings. The maximum Gasteiger partial charge on any atom is 0.240 e. The molecule has 0 spiro atoms. The summed E-state index contributed by atoms with van der Waals surface area (Å²) in [5.74, 6) is 0.537. The highest BCUT2D eigenvalue weighted by Crippen LogP contribution is 2.43. The number of carbonyl (C=O) groups excluding carboxylic acids is 1. The zero-order valence-corrected chi connectivity index (χ0v) is 19.4. The molecule has 6 N–H and O–H groups in total. The average molecular weight is 435 g/mol. The van der Waals surface area contributed by atoms with Gasteiger partial charge in [0, 0.05) is 6.04 Å². The molecule has 3 fully saturated rings. The summed E-state index contributed by atoms with van der Waals surface area (Å²) in [6.45, 7) is 6.36. The van der Waals surface area contributed by atoms with E-state index in [1.54, 1.807) is 0 Å². The SMILES string of the molecule is CCC1CCC2(O)NC1(C1CCC(C)=CN1)NC(C(=O)N[C@H](C)C1CCCCC1)C2O. The second-order valence-corrected chi connectivity index (χ2v) is 10.6. The van der Waals surface area contributed by atoms with Crippen molar-refractivity contribution in [3.05, 3.63) is 11.8 Å². The molecule has 2 saturated heterocycles. The number of allylic oxidation sites excluding steroid dienone is 1. The van der Waals surface area contributed by atoms with Gasteiger partial charge in [0.1, 0.15) is 17.9 Å². The number of amides is 1. The zero-order chi connectivity index (χ0) is 22.2. The van der Waals surface area contributed by atoms with Crippen molar-refractivity contribution in [1.29, 1.82) is 0 Å². The van der Waals surface area contributed by atoms with Gasteiger partial charge in [0.25, 0.3) is 0 Å². The highest BCUT2D eigenvalue weighted by molar-refractivity contribution is 5.83. The van der Waals surface area contributed by atoms with Crippen molar-refractivity contribution in [3.63, 3.8) is 0 Å². The van der Waals surface area contributed by atoms with Gasteiger partial charge in [-0.05, 0) is 70.4 Å². The summed E-state index contributed by atoms with van der Waals surface area (Å²) in [4.78, 5) is 13.4. The van der Waals surface area contributed by atoms with Crippen LogP contribution in [0.15, 0.2) is 11.8 Å². The molecule has 2 bridgehead atoms. The summed E-state index contributed by atoms with van der Waals surface area (Å²) in [7, 11) is 0. The number of piperidine rings is 1. The predicted octanol–water partition coefficient (Wildman–Crippen LogP) is 1.85. The van der Waals surface area contributed by atoms with Crippen LogP contribution in [0.2, 0.25) is 0 Å². The Hall–Kier alpha value is -1.15. The number of hydrogen-bond donors (Lipinski definition) is 6. The molecule has 0 radical (unpaired) electrons. The Morgan fingerprint density at radius 1 is 1.26 bits per heavy atom. The third-order valence-corrected chi connectivity index (χ3v) is 8.55. The first kappa shape index (κ1) is 23.0. The molecule has 1 amide bonds. The predicted molar refractivity (Wildman–Crippen MR) is 121 cm³/mol. The monoisotopic (exact) mass is 434 g/mol. The zero-order valence-electron chi connectivity index (χ0n) is 19.4. The molecular formula is C24H42N4O3. The Balaban J connectivity index is 1.57. The van der Waals surface area contributed by atoms with E-state index in [0.29, 0.717) is 12.3 Å². The van der Waals surface area contributed by atoms with Gasteiger partial charge < -0.3 is 20.8 Å². The maximum absolute atomic E-state index is 13.4. The minimum Gasteiger partial charge on any atom is -0.386 e. The third kappa shape index (κ3) is 4.26. The average Bonchev–Trinajstić information content (AvgIpc) is 2.77. The van der Waals surface area contributed by atoms with Crippen molar-refractivity contribution in [2.24, 2.45) is 11.8 Å². The largest absolute Gasteiger partial charge is 0.386 e. The Morgan fingerprint density at radius 2 is 2.00 bits per heavy atom. The lowest BCUT2D eigenvalue weighted by molar-refractivity contribution is -0.208. The van der Waals surface area contributed by atoms with Crippen molar-refractivity contribution < 1.29 is 15.0 Å². The summed E-state index contributed by atoms with van der Waals surface area (Å²) in [6, 6.07) is -0.741. The molecule has 0 aromatic carbocycles. The number of fused-ring (bicyclic) bond motifs is 2. The smallest absolute Gasteiger partial charge is 0.240 e. The number of rotatable bonds is 5. The van der Waals surface area contributed by atoms with E-state index in [0.717, 1.165) is 38.5 Å². The summed E-state index contributed by atoms with van der Waals surface area (Å²) in [5, 5.41) is 36.1. The van der Waals surface area contributed by atoms with Crippen LogP contribution in [-0.4, -0.2) is 51.7 Å². The van der Waals surface area contributed by atoms with Gasteiger partial charge in [0.05, 0.1) is 11.7 Å². The normalized spacial score (nSPS) is 42.3. The molecule has 4 rings (SSSR count). The molecule has 3 heterocycles. The third-order valence-electron chi connectivity index (χ3n) is 8.55. The molecule has 1 saturated carbocycles. The summed E-state index contributed by atoms with van der Waals surface area (Å²) in [6.07, 6.45) is 10.9. The maximum atomic E-state index is 13.4. The number of aliphatic hydroxyl groups excluding tert-OH is 1. The van der Waals surface area contributed by atoms with Crippen molar-refractivity contribution in [2.45, 2.75) is 121 Å². The van der Waals surface area contributed by atoms with Crippen molar-refractivity contribution in [3.8, 4) is 0 Å². The van der Waals surface area contributed by atoms with Crippen LogP contribution in [0.4, 0.5) is 0 Å². The van der Waals surface area contributed by atoms with E-state index in [-0.39, 0.29) is 23.9 Å². The summed E-state index contributed by atoms with van der Waals surface area (Å²) in [5.41, 5.74) is -0.808. The second kappa shape index (κ2) is 9.00. The van der Waals surface area contributed by atoms with Gasteiger partial charge in [-0.25, -0.2) is 0 Å². The Kier molecular flexibility index (Phi) is 6.69. The second-order valence-electron chi connectivity index (χ2n) is 10.6. The van der Waals surface area contributed by atoms with E-state index in [1.165, 1.54) is 24.8 Å². The van der Waals surface area contributed by atoms with Crippen LogP contribution in [-0.2, 0) is 4.79 Å². The van der Waals surface area contributed by atoms with E-state index >= 15 is 0 Å². The molecule has 176 valence electrons. The van der Waals surface area contributed by atoms with E-state index < -0.39 is 23.5 Å². The molecule has 1 aliphatic carbocycles. The lowest BCUT2D eigenvalue weighted by Crippen LogP contribution is -2.88. The van der Waals surface area contributed by atoms with Gasteiger partial charge in [0.15, 0.2) is 0 Å². The van der Waals surface area contributed by atoms with Crippen LogP contribution in [0.25, 0.3) is 0 Å². The first-order valence-electron chi connectivity index (χ1n) is 12.5. The van der Waals surface area contributed by atoms with Gasteiger partial charge in [0.2, 0.25) is 5.91 Å². The highest BCUT2D eigenvalue weighted by Gasteiger charge is 2.62. The first-order valence-corrected chi connectivity index (χ1v) is 12.5. The van der Waals surface area contributed by atoms with Crippen LogP contribution < -0.4 is 21.3 Å². The lowest BCUT2D eigenvalue weighted by Gasteiger charge is -2.62. The van der Waals surface area contributed by atoms with E-state index in [2.05, 4.69) is 48.2 Å². The molecule has 3 aliphatic heterocycles. The van der Waals surface area contributed by atoms with Crippen LogP contribution >= 0.6 is 0 Å². The Bertz CT molecular complexity index is 694. The molecule has 31 heavy (non-hydrogen) atoms. The van der Waals surface area contributed by atoms with Crippen LogP contribution in [0, 0.1) is 11.8 Å². The molecule has 0 aromatic heterocycles. The van der Waals surface area contributed by atoms with Crippen molar-refractivity contribution in [2.75, 3.05) is 0 Å². The quantitative estimate of drug-likeness (QED) is 0.395. The van der Waals surface area contributed by atoms with Gasteiger partial charge >= 0.3 is 0 Å².